The Kier molecular flexibility index (Phi) is 5.34. The summed E-state index contributed by atoms with van der Waals surface area (Å²) >= 11 is 0. The lowest BCUT2D eigenvalue weighted by Crippen LogP contribution is -2.26. The first-order chi connectivity index (χ1) is 13.3. The highest BCUT2D eigenvalue weighted by molar-refractivity contribution is 5.56. The zero-order chi connectivity index (χ0) is 18.5. The molecular weight excluding hydrogens is 342 g/mol. The number of benzene rings is 2. The van der Waals surface area contributed by atoms with Crippen molar-refractivity contribution < 1.29 is 14.0 Å². The van der Waals surface area contributed by atoms with Crippen molar-refractivity contribution in [2.45, 2.75) is 12.3 Å². The molecule has 0 N–H and O–H groups in total. The third kappa shape index (κ3) is 4.28. The van der Waals surface area contributed by atoms with E-state index in [1.54, 1.807) is 7.11 Å². The first kappa shape index (κ1) is 17.5. The Bertz CT molecular complexity index is 866. The zero-order valence-corrected chi connectivity index (χ0v) is 15.4. The van der Waals surface area contributed by atoms with Crippen LogP contribution in [0.3, 0.4) is 0 Å². The minimum atomic E-state index is 0.272. The van der Waals surface area contributed by atoms with Gasteiger partial charge < -0.3 is 14.0 Å². The molecular formula is C21H23N3O3. The smallest absolute Gasteiger partial charge is 0.231 e. The average Bonchev–Trinajstić information content (AvgIpc) is 3.38. The van der Waals surface area contributed by atoms with Crippen LogP contribution in [0.15, 0.2) is 59.1 Å². The minimum Gasteiger partial charge on any atom is -0.497 e. The number of ether oxygens (including phenoxy) is 2. The van der Waals surface area contributed by atoms with Crippen LogP contribution in [0.2, 0.25) is 0 Å². The zero-order valence-electron chi connectivity index (χ0n) is 15.4. The molecule has 3 aromatic rings. The molecule has 140 valence electrons. The summed E-state index contributed by atoms with van der Waals surface area (Å²) < 4.78 is 16.6. The molecule has 2 aromatic carbocycles. The van der Waals surface area contributed by atoms with Gasteiger partial charge in [-0.1, -0.05) is 35.5 Å². The Labute approximate surface area is 158 Å². The van der Waals surface area contributed by atoms with Crippen molar-refractivity contribution in [2.24, 2.45) is 0 Å². The number of hydrogen-bond donors (Lipinski definition) is 0. The average molecular weight is 365 g/mol. The summed E-state index contributed by atoms with van der Waals surface area (Å²) in [4.78, 5) is 6.99. The number of likely N-dealkylation sites (tertiary alicyclic amines) is 1. The van der Waals surface area contributed by atoms with Gasteiger partial charge in [-0.05, 0) is 37.2 Å². The molecule has 1 fully saturated rings. The summed E-state index contributed by atoms with van der Waals surface area (Å²) in [6.07, 6.45) is 1.02. The molecule has 1 aliphatic rings. The number of methoxy groups -OCH3 is 1. The maximum Gasteiger partial charge on any atom is 0.231 e. The summed E-state index contributed by atoms with van der Waals surface area (Å²) in [5.41, 5.74) is 0.899. The fourth-order valence-electron chi connectivity index (χ4n) is 3.33. The van der Waals surface area contributed by atoms with Crippen LogP contribution in [0.5, 0.6) is 11.5 Å². The monoisotopic (exact) mass is 365 g/mol. The van der Waals surface area contributed by atoms with Gasteiger partial charge in [0.15, 0.2) is 0 Å². The Hall–Kier alpha value is -2.86. The lowest BCUT2D eigenvalue weighted by Gasteiger charge is -2.15. The van der Waals surface area contributed by atoms with Crippen molar-refractivity contribution in [3.63, 3.8) is 0 Å². The molecule has 1 saturated heterocycles. The van der Waals surface area contributed by atoms with Gasteiger partial charge in [0.1, 0.15) is 18.1 Å². The van der Waals surface area contributed by atoms with Gasteiger partial charge >= 0.3 is 0 Å². The molecule has 1 aromatic heterocycles. The third-order valence-corrected chi connectivity index (χ3v) is 4.81. The van der Waals surface area contributed by atoms with E-state index in [9.17, 15) is 0 Å². The molecule has 6 nitrogen and oxygen atoms in total. The maximum atomic E-state index is 5.79. The first-order valence-electron chi connectivity index (χ1n) is 9.20. The highest BCUT2D eigenvalue weighted by Crippen LogP contribution is 2.28. The normalized spacial score (nSPS) is 17.1. The number of nitrogens with zero attached hydrogens (tertiary/aromatic N) is 3. The van der Waals surface area contributed by atoms with E-state index in [2.05, 4.69) is 15.0 Å². The van der Waals surface area contributed by atoms with Crippen LogP contribution in [0.4, 0.5) is 0 Å². The van der Waals surface area contributed by atoms with E-state index in [0.29, 0.717) is 18.3 Å². The molecule has 2 heterocycles. The molecule has 0 radical (unpaired) electrons. The van der Waals surface area contributed by atoms with Crippen LogP contribution in [-0.2, 0) is 0 Å². The Morgan fingerprint density at radius 2 is 1.96 bits per heavy atom. The van der Waals surface area contributed by atoms with Crippen LogP contribution in [0.1, 0.15) is 18.2 Å². The predicted octanol–water partition coefficient (Wildman–Crippen LogP) is 3.61. The van der Waals surface area contributed by atoms with Crippen molar-refractivity contribution in [3.8, 4) is 22.9 Å². The summed E-state index contributed by atoms with van der Waals surface area (Å²) in [5, 5.41) is 4.15. The maximum absolute atomic E-state index is 5.79. The van der Waals surface area contributed by atoms with Crippen molar-refractivity contribution in [3.05, 3.63) is 60.5 Å². The van der Waals surface area contributed by atoms with E-state index in [1.807, 2.05) is 54.6 Å². The largest absolute Gasteiger partial charge is 0.497 e. The molecule has 27 heavy (non-hydrogen) atoms. The van der Waals surface area contributed by atoms with Gasteiger partial charge in [0.25, 0.3) is 0 Å². The van der Waals surface area contributed by atoms with Crippen LogP contribution < -0.4 is 9.47 Å². The second-order valence-corrected chi connectivity index (χ2v) is 6.64. The molecule has 0 bridgehead atoms. The van der Waals surface area contributed by atoms with Gasteiger partial charge in [0.2, 0.25) is 11.7 Å². The number of para-hydroxylation sites is 1. The van der Waals surface area contributed by atoms with E-state index in [1.165, 1.54) is 0 Å². The fraction of sp³-hybridized carbons (Fsp3) is 0.333. The Balaban J connectivity index is 1.32. The molecule has 0 unspecified atom stereocenters. The van der Waals surface area contributed by atoms with E-state index in [-0.39, 0.29) is 5.92 Å². The molecule has 4 rings (SSSR count). The summed E-state index contributed by atoms with van der Waals surface area (Å²) in [7, 11) is 1.65. The van der Waals surface area contributed by atoms with Crippen molar-refractivity contribution >= 4 is 0 Å². The number of hydrogen-bond acceptors (Lipinski definition) is 6. The van der Waals surface area contributed by atoms with Gasteiger partial charge in [-0.3, -0.25) is 4.90 Å². The number of rotatable bonds is 7. The summed E-state index contributed by atoms with van der Waals surface area (Å²) in [6, 6.07) is 17.6. The van der Waals surface area contributed by atoms with Crippen molar-refractivity contribution in [2.75, 3.05) is 33.4 Å². The van der Waals surface area contributed by atoms with Crippen LogP contribution >= 0.6 is 0 Å². The highest BCUT2D eigenvalue weighted by Gasteiger charge is 2.28. The van der Waals surface area contributed by atoms with Crippen molar-refractivity contribution in [1.82, 2.24) is 15.0 Å². The topological polar surface area (TPSA) is 60.6 Å². The third-order valence-electron chi connectivity index (χ3n) is 4.81. The second kappa shape index (κ2) is 8.22. The summed E-state index contributed by atoms with van der Waals surface area (Å²) in [5.74, 6) is 3.28. The van der Waals surface area contributed by atoms with Crippen LogP contribution in [-0.4, -0.2) is 48.4 Å². The van der Waals surface area contributed by atoms with Gasteiger partial charge in [-0.15, -0.1) is 0 Å². The molecule has 0 aliphatic carbocycles. The Morgan fingerprint density at radius 1 is 1.11 bits per heavy atom. The SMILES string of the molecule is COc1cccc(-c2noc([C@@H]3CCN(CCOc4ccccc4)C3)n2)c1. The second-order valence-electron chi connectivity index (χ2n) is 6.64. The minimum absolute atomic E-state index is 0.272. The fourth-order valence-corrected chi connectivity index (χ4v) is 3.33. The Morgan fingerprint density at radius 3 is 2.81 bits per heavy atom. The molecule has 1 atom stereocenters. The van der Waals surface area contributed by atoms with Gasteiger partial charge in [-0.2, -0.15) is 4.98 Å². The molecule has 0 amide bonds. The van der Waals surface area contributed by atoms with Gasteiger partial charge in [0.05, 0.1) is 13.0 Å². The standard InChI is InChI=1S/C21H23N3O3/c1-25-19-9-5-6-16(14-19)20-22-21(27-23-20)17-10-11-24(15-17)12-13-26-18-7-3-2-4-8-18/h2-9,14,17H,10-13,15H2,1H3/t17-/m1/s1. The molecule has 1 aliphatic heterocycles. The number of aromatic nitrogens is 2. The van der Waals surface area contributed by atoms with Gasteiger partial charge in [-0.25, -0.2) is 0 Å². The predicted molar refractivity (Wildman–Crippen MR) is 102 cm³/mol. The lowest BCUT2D eigenvalue weighted by atomic mass is 10.1. The van der Waals surface area contributed by atoms with E-state index >= 15 is 0 Å². The van der Waals surface area contributed by atoms with Gasteiger partial charge in [0, 0.05) is 18.7 Å². The highest BCUT2D eigenvalue weighted by atomic mass is 16.5. The van der Waals surface area contributed by atoms with Crippen LogP contribution in [0.25, 0.3) is 11.4 Å². The molecule has 0 spiro atoms. The first-order valence-corrected chi connectivity index (χ1v) is 9.20. The summed E-state index contributed by atoms with van der Waals surface area (Å²) in [6.45, 7) is 3.50. The van der Waals surface area contributed by atoms with E-state index in [4.69, 9.17) is 14.0 Å². The van der Waals surface area contributed by atoms with Crippen LogP contribution in [0, 0.1) is 0 Å². The molecule has 6 heteroatoms. The van der Waals surface area contributed by atoms with E-state index in [0.717, 1.165) is 43.1 Å². The van der Waals surface area contributed by atoms with Crippen molar-refractivity contribution in [1.29, 1.82) is 0 Å². The van der Waals surface area contributed by atoms with E-state index < -0.39 is 0 Å². The lowest BCUT2D eigenvalue weighted by molar-refractivity contribution is 0.233. The molecule has 0 saturated carbocycles. The quantitative estimate of drug-likeness (QED) is 0.637.